The summed E-state index contributed by atoms with van der Waals surface area (Å²) in [6.45, 7) is 8.67. The number of carbonyl (C=O) groups is 1. The zero-order valence-electron chi connectivity index (χ0n) is 18.5. The summed E-state index contributed by atoms with van der Waals surface area (Å²) in [6.07, 6.45) is 4.05. The van der Waals surface area contributed by atoms with Crippen LogP contribution in [0.4, 0.5) is 10.6 Å². The minimum Gasteiger partial charge on any atom is -0.444 e. The number of azide groups is 1. The molecule has 1 aromatic rings. The Bertz CT molecular complexity index is 840. The van der Waals surface area contributed by atoms with Gasteiger partial charge in [-0.05, 0) is 70.0 Å². The molecule has 10 nitrogen and oxygen atoms in total. The standard InChI is InChI=1S/C21H31N7O3/c1-20(2,3)31-19(29)28(11-15-6-7-15)16-5-4-10-27(12-16)18-9-8-17(23-24-18)21(25-26-22)13-30-14-21/h8-9,15-16H,4-7,10-14H2,1-3H3/t16-/m1/s1. The number of anilines is 1. The quantitative estimate of drug-likeness (QED) is 0.387. The normalized spacial score (nSPS) is 22.8. The van der Waals surface area contributed by atoms with Crippen LogP contribution in [-0.4, -0.2) is 65.7 Å². The van der Waals surface area contributed by atoms with Crippen LogP contribution < -0.4 is 4.90 Å². The zero-order valence-corrected chi connectivity index (χ0v) is 18.5. The van der Waals surface area contributed by atoms with Crippen LogP contribution in [0.15, 0.2) is 17.2 Å². The number of hydrogen-bond acceptors (Lipinski definition) is 7. The summed E-state index contributed by atoms with van der Waals surface area (Å²) in [6, 6.07) is 3.86. The molecule has 3 aliphatic rings. The van der Waals surface area contributed by atoms with E-state index in [1.807, 2.05) is 37.8 Å². The number of rotatable bonds is 6. The summed E-state index contributed by atoms with van der Waals surface area (Å²) < 4.78 is 10.9. The van der Waals surface area contributed by atoms with Gasteiger partial charge in [0.2, 0.25) is 0 Å². The topological polar surface area (TPSA) is 117 Å². The molecule has 10 heteroatoms. The maximum absolute atomic E-state index is 12.9. The van der Waals surface area contributed by atoms with E-state index in [0.717, 1.165) is 31.7 Å². The molecule has 0 radical (unpaired) electrons. The fourth-order valence-corrected chi connectivity index (χ4v) is 4.07. The molecule has 1 aliphatic carbocycles. The van der Waals surface area contributed by atoms with E-state index in [2.05, 4.69) is 25.1 Å². The van der Waals surface area contributed by atoms with E-state index in [4.69, 9.17) is 15.0 Å². The van der Waals surface area contributed by atoms with Crippen molar-refractivity contribution >= 4 is 11.9 Å². The first-order chi connectivity index (χ1) is 14.8. The predicted molar refractivity (Wildman–Crippen MR) is 115 cm³/mol. The van der Waals surface area contributed by atoms with Crippen molar-refractivity contribution in [3.05, 3.63) is 28.3 Å². The fourth-order valence-electron chi connectivity index (χ4n) is 4.07. The van der Waals surface area contributed by atoms with Crippen LogP contribution >= 0.6 is 0 Å². The van der Waals surface area contributed by atoms with Crippen LogP contribution in [0.25, 0.3) is 10.4 Å². The number of carbonyl (C=O) groups excluding carboxylic acids is 1. The monoisotopic (exact) mass is 429 g/mol. The van der Waals surface area contributed by atoms with Gasteiger partial charge >= 0.3 is 6.09 Å². The maximum atomic E-state index is 12.9. The molecule has 0 spiro atoms. The SMILES string of the molecule is CC(C)(C)OC(=O)N(CC1CC1)[C@@H]1CCCN(c2ccc(C3(N=[N+]=[N-])COC3)nn2)C1. The Labute approximate surface area is 182 Å². The summed E-state index contributed by atoms with van der Waals surface area (Å²) in [5, 5.41) is 12.6. The lowest BCUT2D eigenvalue weighted by Gasteiger charge is -2.40. The summed E-state index contributed by atoms with van der Waals surface area (Å²) in [5.74, 6) is 1.35. The van der Waals surface area contributed by atoms with Crippen LogP contribution in [0, 0.1) is 5.92 Å². The number of piperidine rings is 1. The minimum absolute atomic E-state index is 0.0836. The Hall–Kier alpha value is -2.58. The lowest BCUT2D eigenvalue weighted by atomic mass is 9.94. The third-order valence-corrected chi connectivity index (χ3v) is 5.99. The van der Waals surface area contributed by atoms with Crippen LogP contribution in [0.1, 0.15) is 52.1 Å². The van der Waals surface area contributed by atoms with Gasteiger partial charge in [-0.25, -0.2) is 4.79 Å². The van der Waals surface area contributed by atoms with Gasteiger partial charge < -0.3 is 19.3 Å². The van der Waals surface area contributed by atoms with Crippen molar-refractivity contribution < 1.29 is 14.3 Å². The highest BCUT2D eigenvalue weighted by molar-refractivity contribution is 5.69. The van der Waals surface area contributed by atoms with Gasteiger partial charge in [-0.2, -0.15) is 5.10 Å². The molecular formula is C21H31N7O3. The number of ether oxygens (including phenoxy) is 2. The van der Waals surface area contributed by atoms with E-state index in [-0.39, 0.29) is 12.1 Å². The summed E-state index contributed by atoms with van der Waals surface area (Å²) in [4.78, 5) is 20.0. The molecule has 1 saturated carbocycles. The van der Waals surface area contributed by atoms with Gasteiger partial charge in [0.05, 0.1) is 24.9 Å². The minimum atomic E-state index is -0.748. The van der Waals surface area contributed by atoms with Crippen molar-refractivity contribution in [2.75, 3.05) is 37.7 Å². The summed E-state index contributed by atoms with van der Waals surface area (Å²) >= 11 is 0. The molecule has 168 valence electrons. The molecule has 3 heterocycles. The van der Waals surface area contributed by atoms with Crippen molar-refractivity contribution in [3.8, 4) is 0 Å². The Balaban J connectivity index is 1.46. The average Bonchev–Trinajstić information content (AvgIpc) is 3.52. The highest BCUT2D eigenvalue weighted by Crippen LogP contribution is 2.34. The Morgan fingerprint density at radius 1 is 1.35 bits per heavy atom. The van der Waals surface area contributed by atoms with E-state index in [0.29, 0.717) is 31.4 Å². The van der Waals surface area contributed by atoms with E-state index in [1.54, 1.807) is 0 Å². The lowest BCUT2D eigenvalue weighted by Crippen LogP contribution is -2.52. The molecule has 0 N–H and O–H groups in total. The third kappa shape index (κ3) is 5.02. The van der Waals surface area contributed by atoms with E-state index < -0.39 is 11.1 Å². The molecule has 1 aromatic heterocycles. The van der Waals surface area contributed by atoms with Crippen molar-refractivity contribution in [3.63, 3.8) is 0 Å². The van der Waals surface area contributed by atoms with Crippen molar-refractivity contribution in [2.45, 2.75) is 63.6 Å². The van der Waals surface area contributed by atoms with Crippen molar-refractivity contribution in [1.29, 1.82) is 0 Å². The second kappa shape index (κ2) is 8.51. The third-order valence-electron chi connectivity index (χ3n) is 5.99. The smallest absolute Gasteiger partial charge is 0.410 e. The number of nitrogens with zero attached hydrogens (tertiary/aromatic N) is 7. The lowest BCUT2D eigenvalue weighted by molar-refractivity contribution is -0.0589. The number of amides is 1. The first-order valence-corrected chi connectivity index (χ1v) is 11.0. The van der Waals surface area contributed by atoms with Gasteiger partial charge in [0.15, 0.2) is 5.82 Å². The molecule has 1 atom stereocenters. The average molecular weight is 430 g/mol. The zero-order chi connectivity index (χ0) is 22.1. The second-order valence-corrected chi connectivity index (χ2v) is 9.81. The number of hydrogen-bond donors (Lipinski definition) is 0. The fraction of sp³-hybridized carbons (Fsp3) is 0.762. The van der Waals surface area contributed by atoms with E-state index in [1.165, 1.54) is 12.8 Å². The Kier molecular flexibility index (Phi) is 5.94. The number of aromatic nitrogens is 2. The van der Waals surface area contributed by atoms with Crippen LogP contribution in [-0.2, 0) is 15.0 Å². The molecule has 0 bridgehead atoms. The van der Waals surface area contributed by atoms with Gasteiger partial charge in [-0.15, -0.1) is 5.10 Å². The molecule has 0 aromatic carbocycles. The van der Waals surface area contributed by atoms with Crippen LogP contribution in [0.3, 0.4) is 0 Å². The van der Waals surface area contributed by atoms with Crippen molar-refractivity contribution in [1.82, 2.24) is 15.1 Å². The van der Waals surface area contributed by atoms with Gasteiger partial charge in [-0.3, -0.25) is 0 Å². The summed E-state index contributed by atoms with van der Waals surface area (Å²) in [7, 11) is 0. The van der Waals surface area contributed by atoms with Gasteiger partial charge in [-0.1, -0.05) is 5.11 Å². The van der Waals surface area contributed by atoms with Crippen molar-refractivity contribution in [2.24, 2.45) is 11.0 Å². The highest BCUT2D eigenvalue weighted by atomic mass is 16.6. The second-order valence-electron chi connectivity index (χ2n) is 9.81. The maximum Gasteiger partial charge on any atom is 0.410 e. The predicted octanol–water partition coefficient (Wildman–Crippen LogP) is 3.63. The first kappa shape index (κ1) is 21.6. The van der Waals surface area contributed by atoms with Crippen LogP contribution in [0.2, 0.25) is 0 Å². The Morgan fingerprint density at radius 3 is 2.68 bits per heavy atom. The molecule has 0 unspecified atom stereocenters. The van der Waals surface area contributed by atoms with Gasteiger partial charge in [0.1, 0.15) is 11.1 Å². The molecular weight excluding hydrogens is 398 g/mol. The molecule has 2 aliphatic heterocycles. The summed E-state index contributed by atoms with van der Waals surface area (Å²) in [5.41, 5.74) is 8.22. The first-order valence-electron chi connectivity index (χ1n) is 11.0. The van der Waals surface area contributed by atoms with Gasteiger partial charge in [0, 0.05) is 24.5 Å². The molecule has 2 saturated heterocycles. The van der Waals surface area contributed by atoms with Gasteiger partial charge in [0.25, 0.3) is 0 Å². The van der Waals surface area contributed by atoms with Crippen LogP contribution in [0.5, 0.6) is 0 Å². The van der Waals surface area contributed by atoms with E-state index >= 15 is 0 Å². The molecule has 4 rings (SSSR count). The Morgan fingerprint density at radius 2 is 2.13 bits per heavy atom. The highest BCUT2D eigenvalue weighted by Gasteiger charge is 2.42. The molecule has 31 heavy (non-hydrogen) atoms. The largest absolute Gasteiger partial charge is 0.444 e. The van der Waals surface area contributed by atoms with E-state index in [9.17, 15) is 4.79 Å². The molecule has 3 fully saturated rings. The molecule has 1 amide bonds.